The van der Waals surface area contributed by atoms with Crippen LogP contribution in [-0.2, 0) is 22.5 Å². The lowest BCUT2D eigenvalue weighted by Gasteiger charge is -2.34. The lowest BCUT2D eigenvalue weighted by Crippen LogP contribution is -2.30. The molecule has 1 aromatic carbocycles. The van der Waals surface area contributed by atoms with Gasteiger partial charge in [-0.05, 0) is 49.3 Å². The van der Waals surface area contributed by atoms with Crippen LogP contribution in [0.5, 0.6) is 0 Å². The van der Waals surface area contributed by atoms with Crippen LogP contribution >= 0.6 is 0 Å². The molecule has 170 valence electrons. The molecule has 1 saturated heterocycles. The molecule has 1 aliphatic heterocycles. The Morgan fingerprint density at radius 2 is 1.88 bits per heavy atom. The molecule has 1 aliphatic rings. The van der Waals surface area contributed by atoms with Gasteiger partial charge in [0.25, 0.3) is 0 Å². The Labute approximate surface area is 193 Å². The number of fused-ring (bicyclic) bond motifs is 1. The maximum absolute atomic E-state index is 10.9. The first-order valence-electron chi connectivity index (χ1n) is 11.5. The summed E-state index contributed by atoms with van der Waals surface area (Å²) >= 11 is 0. The average Bonchev–Trinajstić information content (AvgIpc) is 3.33. The Bertz CT molecular complexity index is 1270. The number of aryl methyl sites for hydroxylation is 2. The molecule has 0 saturated carbocycles. The number of benzene rings is 1. The predicted molar refractivity (Wildman–Crippen MR) is 128 cm³/mol. The second-order valence-electron chi connectivity index (χ2n) is 9.45. The quantitative estimate of drug-likeness (QED) is 0.366. The summed E-state index contributed by atoms with van der Waals surface area (Å²) in [5.41, 5.74) is 8.37. The van der Waals surface area contributed by atoms with Crippen LogP contribution in [0.4, 0.5) is 0 Å². The van der Waals surface area contributed by atoms with E-state index in [9.17, 15) is 4.79 Å². The minimum atomic E-state index is 0.175. The summed E-state index contributed by atoms with van der Waals surface area (Å²) < 4.78 is 13.4. The molecule has 3 aromatic heterocycles. The largest absolute Gasteiger partial charge is 0.381 e. The summed E-state index contributed by atoms with van der Waals surface area (Å²) in [6.07, 6.45) is 7.59. The van der Waals surface area contributed by atoms with Crippen molar-refractivity contribution in [3.63, 3.8) is 0 Å². The van der Waals surface area contributed by atoms with Gasteiger partial charge in [-0.2, -0.15) is 0 Å². The van der Waals surface area contributed by atoms with Crippen molar-refractivity contribution in [2.75, 3.05) is 13.2 Å². The molecule has 0 unspecified atom stereocenters. The molecule has 5 rings (SSSR count). The van der Waals surface area contributed by atoms with E-state index >= 15 is 0 Å². The second kappa shape index (κ2) is 8.60. The van der Waals surface area contributed by atoms with Gasteiger partial charge in [-0.15, -0.1) is 0 Å². The first-order chi connectivity index (χ1) is 16.0. The van der Waals surface area contributed by atoms with E-state index in [0.717, 1.165) is 89.2 Å². The van der Waals surface area contributed by atoms with Crippen LogP contribution in [0.1, 0.15) is 36.8 Å². The van der Waals surface area contributed by atoms with E-state index in [4.69, 9.17) is 14.2 Å². The molecule has 1 fully saturated rings. The third kappa shape index (κ3) is 4.11. The third-order valence-corrected chi connectivity index (χ3v) is 6.88. The van der Waals surface area contributed by atoms with E-state index in [2.05, 4.69) is 41.0 Å². The summed E-state index contributed by atoms with van der Waals surface area (Å²) in [6, 6.07) is 10.4. The van der Waals surface area contributed by atoms with Crippen molar-refractivity contribution in [3.05, 3.63) is 59.7 Å². The molecule has 6 heteroatoms. The fraction of sp³-hybridized carbons (Fsp3) is 0.370. The van der Waals surface area contributed by atoms with Gasteiger partial charge in [0.15, 0.2) is 0 Å². The predicted octanol–water partition coefficient (Wildman–Crippen LogP) is 5.53. The molecule has 0 amide bonds. The Kier molecular flexibility index (Phi) is 5.62. The number of aldehydes is 1. The van der Waals surface area contributed by atoms with E-state index in [1.54, 1.807) is 0 Å². The molecule has 0 radical (unpaired) electrons. The molecule has 0 N–H and O–H groups in total. The number of ether oxygens (including phenoxy) is 1. The van der Waals surface area contributed by atoms with Gasteiger partial charge in [0, 0.05) is 55.3 Å². The smallest absolute Gasteiger partial charge is 0.141 e. The van der Waals surface area contributed by atoms with E-state index in [0.29, 0.717) is 6.42 Å². The summed E-state index contributed by atoms with van der Waals surface area (Å²) in [4.78, 5) is 15.8. The van der Waals surface area contributed by atoms with Gasteiger partial charge in [0.05, 0.1) is 16.7 Å². The zero-order valence-electron chi connectivity index (χ0n) is 19.4. The number of pyridine rings is 1. The standard InChI is InChI=1S/C27H29N3O3/c1-18-25(19(2)33-29-18)22-14-24-26(28-15-22)23(21-6-4-20(5-7-21)8-11-31)16-30(24)17-27(3)9-12-32-13-10-27/h4-7,11,14-16H,8-10,12-13,17H2,1-3H3. The maximum Gasteiger partial charge on any atom is 0.141 e. The minimum absolute atomic E-state index is 0.175. The maximum atomic E-state index is 10.9. The van der Waals surface area contributed by atoms with Crippen LogP contribution < -0.4 is 0 Å². The summed E-state index contributed by atoms with van der Waals surface area (Å²) in [5, 5.41) is 4.13. The van der Waals surface area contributed by atoms with Crippen LogP contribution in [0, 0.1) is 19.3 Å². The lowest BCUT2D eigenvalue weighted by atomic mass is 9.82. The first kappa shape index (κ1) is 21.6. The van der Waals surface area contributed by atoms with Gasteiger partial charge in [-0.25, -0.2) is 0 Å². The highest BCUT2D eigenvalue weighted by molar-refractivity contribution is 5.95. The first-order valence-corrected chi connectivity index (χ1v) is 11.5. The number of carbonyl (C=O) groups excluding carboxylic acids is 1. The molecular formula is C27H29N3O3. The average molecular weight is 444 g/mol. The van der Waals surface area contributed by atoms with Crippen LogP contribution in [0.15, 0.2) is 47.2 Å². The van der Waals surface area contributed by atoms with Crippen molar-refractivity contribution < 1.29 is 14.1 Å². The monoisotopic (exact) mass is 443 g/mol. The number of aromatic nitrogens is 3. The van der Waals surface area contributed by atoms with Crippen LogP contribution in [0.2, 0.25) is 0 Å². The van der Waals surface area contributed by atoms with Gasteiger partial charge in [-0.3, -0.25) is 4.98 Å². The third-order valence-electron chi connectivity index (χ3n) is 6.88. The topological polar surface area (TPSA) is 70.2 Å². The molecular weight excluding hydrogens is 414 g/mol. The summed E-state index contributed by atoms with van der Waals surface area (Å²) in [6.45, 7) is 8.77. The van der Waals surface area contributed by atoms with E-state index in [1.165, 1.54) is 0 Å². The second-order valence-corrected chi connectivity index (χ2v) is 9.45. The zero-order chi connectivity index (χ0) is 23.0. The normalized spacial score (nSPS) is 15.7. The highest BCUT2D eigenvalue weighted by Gasteiger charge is 2.29. The van der Waals surface area contributed by atoms with Crippen LogP contribution in [0.25, 0.3) is 33.3 Å². The van der Waals surface area contributed by atoms with Crippen molar-refractivity contribution in [1.29, 1.82) is 0 Å². The molecule has 33 heavy (non-hydrogen) atoms. The minimum Gasteiger partial charge on any atom is -0.381 e. The summed E-state index contributed by atoms with van der Waals surface area (Å²) in [7, 11) is 0. The molecule has 0 spiro atoms. The number of hydrogen-bond acceptors (Lipinski definition) is 5. The zero-order valence-corrected chi connectivity index (χ0v) is 19.4. The number of nitrogens with zero attached hydrogens (tertiary/aromatic N) is 3. The van der Waals surface area contributed by atoms with Gasteiger partial charge in [0.2, 0.25) is 0 Å². The van der Waals surface area contributed by atoms with Crippen molar-refractivity contribution in [1.82, 2.24) is 14.7 Å². The van der Waals surface area contributed by atoms with Crippen LogP contribution in [-0.4, -0.2) is 34.2 Å². The molecule has 0 atom stereocenters. The van der Waals surface area contributed by atoms with Gasteiger partial charge >= 0.3 is 0 Å². The van der Waals surface area contributed by atoms with Gasteiger partial charge in [0.1, 0.15) is 12.0 Å². The number of hydrogen-bond donors (Lipinski definition) is 0. The van der Waals surface area contributed by atoms with Crippen molar-refractivity contribution in [2.45, 2.75) is 46.6 Å². The molecule has 4 aromatic rings. The number of rotatable bonds is 6. The lowest BCUT2D eigenvalue weighted by molar-refractivity contribution is -0.107. The highest BCUT2D eigenvalue weighted by atomic mass is 16.5. The Morgan fingerprint density at radius 3 is 2.55 bits per heavy atom. The van der Waals surface area contributed by atoms with Crippen molar-refractivity contribution in [2.24, 2.45) is 5.41 Å². The Balaban J connectivity index is 1.64. The van der Waals surface area contributed by atoms with E-state index < -0.39 is 0 Å². The van der Waals surface area contributed by atoms with Crippen molar-refractivity contribution in [3.8, 4) is 22.3 Å². The Hall–Kier alpha value is -3.25. The fourth-order valence-corrected chi connectivity index (χ4v) is 4.89. The Morgan fingerprint density at radius 1 is 1.12 bits per heavy atom. The summed E-state index contributed by atoms with van der Waals surface area (Å²) in [5.74, 6) is 0.800. The molecule has 0 bridgehead atoms. The molecule has 4 heterocycles. The van der Waals surface area contributed by atoms with E-state index in [-0.39, 0.29) is 5.41 Å². The molecule has 0 aliphatic carbocycles. The van der Waals surface area contributed by atoms with Gasteiger partial charge in [-0.1, -0.05) is 36.3 Å². The fourth-order valence-electron chi connectivity index (χ4n) is 4.89. The number of carbonyl (C=O) groups is 1. The molecule has 6 nitrogen and oxygen atoms in total. The SMILES string of the molecule is Cc1noc(C)c1-c1cnc2c(-c3ccc(CC=O)cc3)cn(CC3(C)CCOCC3)c2c1. The van der Waals surface area contributed by atoms with Crippen LogP contribution in [0.3, 0.4) is 0 Å². The van der Waals surface area contributed by atoms with E-state index in [1.807, 2.05) is 32.2 Å². The van der Waals surface area contributed by atoms with Gasteiger partial charge < -0.3 is 18.6 Å². The van der Waals surface area contributed by atoms with Crippen molar-refractivity contribution >= 4 is 17.3 Å². The highest BCUT2D eigenvalue weighted by Crippen LogP contribution is 2.38.